The highest BCUT2D eigenvalue weighted by Gasteiger charge is 2.13. The Bertz CT molecular complexity index is 1480. The lowest BCUT2D eigenvalue weighted by atomic mass is 10.2. The highest BCUT2D eigenvalue weighted by molar-refractivity contribution is 6.33. The highest BCUT2D eigenvalue weighted by Crippen LogP contribution is 2.32. The zero-order valence-electron chi connectivity index (χ0n) is 17.7. The monoisotopic (exact) mass is 454 g/mol. The van der Waals surface area contributed by atoms with Crippen molar-refractivity contribution in [2.45, 2.75) is 6.92 Å². The number of halogens is 1. The van der Waals surface area contributed by atoms with Gasteiger partial charge in [-0.05, 0) is 61.0 Å². The molecule has 6 heteroatoms. The maximum Gasteiger partial charge on any atom is 0.248 e. The average molecular weight is 455 g/mol. The predicted octanol–water partition coefficient (Wildman–Crippen LogP) is 7.37. The number of hydrogen-bond acceptors (Lipinski definition) is 4. The lowest BCUT2D eigenvalue weighted by molar-refractivity contribution is -0.111. The van der Waals surface area contributed by atoms with E-state index in [1.807, 2.05) is 67.6 Å². The molecule has 0 radical (unpaired) electrons. The molecule has 0 unspecified atom stereocenters. The van der Waals surface area contributed by atoms with Gasteiger partial charge in [0.05, 0.1) is 10.6 Å². The molecular formula is C27H19ClN2O3. The molecule has 0 fully saturated rings. The van der Waals surface area contributed by atoms with Crippen LogP contribution in [0.25, 0.3) is 40.0 Å². The summed E-state index contributed by atoms with van der Waals surface area (Å²) in [7, 11) is 0. The van der Waals surface area contributed by atoms with E-state index < -0.39 is 0 Å². The Hall–Kier alpha value is -4.09. The number of nitrogens with one attached hydrogen (secondary N) is 1. The van der Waals surface area contributed by atoms with E-state index in [0.717, 1.165) is 22.4 Å². The molecule has 5 aromatic rings. The van der Waals surface area contributed by atoms with Gasteiger partial charge in [0.25, 0.3) is 0 Å². The summed E-state index contributed by atoms with van der Waals surface area (Å²) in [5.74, 6) is 1.43. The standard InChI is InChI=1S/C27H19ClN2O3/c1-17-7-12-25-23(15-17)30-27(33-25)21-16-19(8-11-22(21)28)29-26(31)14-10-20-9-13-24(32-20)18-5-3-2-4-6-18/h2-16H,1H3,(H,29,31)/b14-10+. The van der Waals surface area contributed by atoms with Gasteiger partial charge >= 0.3 is 0 Å². The third-order valence-corrected chi connectivity index (χ3v) is 5.42. The van der Waals surface area contributed by atoms with Crippen molar-refractivity contribution in [2.75, 3.05) is 5.32 Å². The number of fused-ring (bicyclic) bond motifs is 1. The summed E-state index contributed by atoms with van der Waals surface area (Å²) in [6, 6.07) is 24.4. The number of aromatic nitrogens is 1. The smallest absolute Gasteiger partial charge is 0.248 e. The number of benzene rings is 3. The van der Waals surface area contributed by atoms with Gasteiger partial charge in [-0.3, -0.25) is 4.79 Å². The van der Waals surface area contributed by atoms with E-state index in [9.17, 15) is 4.79 Å². The molecule has 0 aliphatic heterocycles. The van der Waals surface area contributed by atoms with Crippen molar-refractivity contribution >= 4 is 40.4 Å². The maximum atomic E-state index is 12.5. The molecule has 2 aromatic heterocycles. The number of amides is 1. The van der Waals surface area contributed by atoms with Crippen LogP contribution in [-0.2, 0) is 4.79 Å². The molecule has 0 atom stereocenters. The first kappa shape index (κ1) is 20.8. The zero-order valence-corrected chi connectivity index (χ0v) is 18.5. The number of rotatable bonds is 5. The Labute approximate surface area is 195 Å². The van der Waals surface area contributed by atoms with Crippen LogP contribution in [0, 0.1) is 6.92 Å². The Morgan fingerprint density at radius 2 is 1.82 bits per heavy atom. The minimum absolute atomic E-state index is 0.297. The van der Waals surface area contributed by atoms with Gasteiger partial charge in [-0.25, -0.2) is 4.98 Å². The highest BCUT2D eigenvalue weighted by atomic mass is 35.5. The lowest BCUT2D eigenvalue weighted by Gasteiger charge is -2.05. The topological polar surface area (TPSA) is 68.3 Å². The van der Waals surface area contributed by atoms with Gasteiger partial charge in [0, 0.05) is 17.3 Å². The fourth-order valence-corrected chi connectivity index (χ4v) is 3.66. The number of nitrogens with zero attached hydrogens (tertiary/aromatic N) is 1. The van der Waals surface area contributed by atoms with Crippen molar-refractivity contribution in [3.05, 3.63) is 101 Å². The maximum absolute atomic E-state index is 12.5. The van der Waals surface area contributed by atoms with Crippen LogP contribution in [0.15, 0.2) is 93.8 Å². The van der Waals surface area contributed by atoms with E-state index in [0.29, 0.717) is 33.5 Å². The Balaban J connectivity index is 1.32. The number of furan rings is 1. The van der Waals surface area contributed by atoms with Crippen LogP contribution in [0.2, 0.25) is 5.02 Å². The normalized spacial score (nSPS) is 11.3. The Morgan fingerprint density at radius 1 is 0.970 bits per heavy atom. The fourth-order valence-electron chi connectivity index (χ4n) is 3.46. The molecule has 5 rings (SSSR count). The van der Waals surface area contributed by atoms with Crippen molar-refractivity contribution in [3.63, 3.8) is 0 Å². The molecule has 0 saturated carbocycles. The minimum atomic E-state index is -0.297. The summed E-state index contributed by atoms with van der Waals surface area (Å²) < 4.78 is 11.7. The van der Waals surface area contributed by atoms with E-state index in [-0.39, 0.29) is 5.91 Å². The first-order valence-electron chi connectivity index (χ1n) is 10.4. The van der Waals surface area contributed by atoms with Crippen LogP contribution in [-0.4, -0.2) is 10.9 Å². The molecule has 1 amide bonds. The molecule has 0 spiro atoms. The molecule has 0 aliphatic carbocycles. The van der Waals surface area contributed by atoms with Gasteiger partial charge in [-0.15, -0.1) is 0 Å². The second kappa shape index (κ2) is 8.81. The van der Waals surface area contributed by atoms with Crippen LogP contribution < -0.4 is 5.32 Å². The zero-order chi connectivity index (χ0) is 22.8. The number of carbonyl (C=O) groups excluding carboxylic acids is 1. The predicted molar refractivity (Wildman–Crippen MR) is 131 cm³/mol. The first-order valence-corrected chi connectivity index (χ1v) is 10.7. The van der Waals surface area contributed by atoms with E-state index in [1.165, 1.54) is 6.08 Å². The van der Waals surface area contributed by atoms with E-state index in [4.69, 9.17) is 20.4 Å². The second-order valence-electron chi connectivity index (χ2n) is 7.58. The minimum Gasteiger partial charge on any atom is -0.457 e. The lowest BCUT2D eigenvalue weighted by Crippen LogP contribution is -2.07. The van der Waals surface area contributed by atoms with Gasteiger partial charge in [0.2, 0.25) is 11.8 Å². The largest absolute Gasteiger partial charge is 0.457 e. The summed E-state index contributed by atoms with van der Waals surface area (Å²) in [5.41, 5.74) is 4.68. The van der Waals surface area contributed by atoms with E-state index in [1.54, 1.807) is 24.3 Å². The van der Waals surface area contributed by atoms with Gasteiger partial charge < -0.3 is 14.2 Å². The third kappa shape index (κ3) is 4.59. The molecule has 33 heavy (non-hydrogen) atoms. The van der Waals surface area contributed by atoms with Gasteiger partial charge in [-0.1, -0.05) is 48.0 Å². The van der Waals surface area contributed by atoms with Crippen LogP contribution in [0.5, 0.6) is 0 Å². The molecule has 3 aromatic carbocycles. The average Bonchev–Trinajstić information content (AvgIpc) is 3.46. The summed E-state index contributed by atoms with van der Waals surface area (Å²) in [6.45, 7) is 2.00. The SMILES string of the molecule is Cc1ccc2oc(-c3cc(NC(=O)/C=C/c4ccc(-c5ccccc5)o4)ccc3Cl)nc2c1. The van der Waals surface area contributed by atoms with Crippen molar-refractivity contribution < 1.29 is 13.6 Å². The van der Waals surface area contributed by atoms with E-state index >= 15 is 0 Å². The van der Waals surface area contributed by atoms with Crippen LogP contribution in [0.4, 0.5) is 5.69 Å². The fraction of sp³-hybridized carbons (Fsp3) is 0.0370. The number of oxazole rings is 1. The van der Waals surface area contributed by atoms with Gasteiger partial charge in [0.15, 0.2) is 5.58 Å². The molecular weight excluding hydrogens is 436 g/mol. The molecule has 2 heterocycles. The van der Waals surface area contributed by atoms with Crippen molar-refractivity contribution in [3.8, 4) is 22.8 Å². The molecule has 0 saturated heterocycles. The van der Waals surface area contributed by atoms with Crippen LogP contribution in [0.3, 0.4) is 0 Å². The van der Waals surface area contributed by atoms with Crippen LogP contribution >= 0.6 is 11.6 Å². The third-order valence-electron chi connectivity index (χ3n) is 5.09. The Kier molecular flexibility index (Phi) is 5.55. The van der Waals surface area contributed by atoms with Crippen molar-refractivity contribution in [2.24, 2.45) is 0 Å². The van der Waals surface area contributed by atoms with Crippen molar-refractivity contribution in [1.29, 1.82) is 0 Å². The van der Waals surface area contributed by atoms with E-state index in [2.05, 4.69) is 10.3 Å². The molecule has 0 bridgehead atoms. The number of hydrogen-bond donors (Lipinski definition) is 1. The molecule has 5 nitrogen and oxygen atoms in total. The summed E-state index contributed by atoms with van der Waals surface area (Å²) in [6.07, 6.45) is 3.05. The Morgan fingerprint density at radius 3 is 2.67 bits per heavy atom. The molecule has 1 N–H and O–H groups in total. The summed E-state index contributed by atoms with van der Waals surface area (Å²) in [5, 5.41) is 3.32. The quantitative estimate of drug-likeness (QED) is 0.281. The number of anilines is 1. The summed E-state index contributed by atoms with van der Waals surface area (Å²) in [4.78, 5) is 17.0. The van der Waals surface area contributed by atoms with Crippen molar-refractivity contribution in [1.82, 2.24) is 4.98 Å². The number of carbonyl (C=O) groups is 1. The molecule has 0 aliphatic rings. The van der Waals surface area contributed by atoms with Gasteiger partial charge in [0.1, 0.15) is 17.0 Å². The van der Waals surface area contributed by atoms with Crippen LogP contribution in [0.1, 0.15) is 11.3 Å². The second-order valence-corrected chi connectivity index (χ2v) is 7.98. The van der Waals surface area contributed by atoms with Gasteiger partial charge in [-0.2, -0.15) is 0 Å². The summed E-state index contributed by atoms with van der Waals surface area (Å²) >= 11 is 6.38. The molecule has 162 valence electrons. The number of aryl methyl sites for hydroxylation is 1. The first-order chi connectivity index (χ1) is 16.0.